The molecule has 1 saturated carbocycles. The van der Waals surface area contributed by atoms with Crippen LogP contribution in [0.5, 0.6) is 0 Å². The Labute approximate surface area is 93.1 Å². The van der Waals surface area contributed by atoms with Crippen molar-refractivity contribution in [2.45, 2.75) is 19.3 Å². The molecule has 0 aliphatic heterocycles. The molecule has 0 aromatic carbocycles. The normalized spacial score (nSPS) is 15.2. The highest BCUT2D eigenvalue weighted by Gasteiger charge is 2.22. The molecule has 16 heavy (non-hydrogen) atoms. The number of aromatic nitrogens is 4. The minimum atomic E-state index is 0.469. The first kappa shape index (κ1) is 9.33. The number of nitrogens with zero attached hydrogens (tertiary/aromatic N) is 3. The second kappa shape index (κ2) is 3.59. The molecule has 1 aliphatic carbocycles. The molecule has 0 amide bonds. The highest BCUT2D eigenvalue weighted by molar-refractivity contribution is 5.51. The minimum absolute atomic E-state index is 0.469. The molecule has 3 rings (SSSR count). The first-order valence-electron chi connectivity index (χ1n) is 5.44. The van der Waals surface area contributed by atoms with Gasteiger partial charge in [-0.15, -0.1) is 0 Å². The average molecular weight is 215 g/mol. The third-order valence-corrected chi connectivity index (χ3v) is 2.74. The average Bonchev–Trinajstić information content (AvgIpc) is 2.94. The molecule has 1 fully saturated rings. The minimum Gasteiger partial charge on any atom is -0.384 e. The summed E-state index contributed by atoms with van der Waals surface area (Å²) >= 11 is 0. The molecule has 2 aromatic heterocycles. The monoisotopic (exact) mass is 215 g/mol. The first-order chi connectivity index (χ1) is 7.81. The van der Waals surface area contributed by atoms with Gasteiger partial charge in [-0.2, -0.15) is 5.10 Å². The molecule has 0 unspecified atom stereocenters. The van der Waals surface area contributed by atoms with E-state index in [1.807, 2.05) is 6.07 Å². The van der Waals surface area contributed by atoms with Gasteiger partial charge in [-0.3, -0.25) is 5.10 Å². The van der Waals surface area contributed by atoms with Crippen LogP contribution in [-0.2, 0) is 6.42 Å². The molecule has 5 nitrogen and oxygen atoms in total. The molecule has 0 spiro atoms. The maximum absolute atomic E-state index is 5.60. The lowest BCUT2D eigenvalue weighted by molar-refractivity contribution is 0.796. The molecule has 3 N–H and O–H groups in total. The lowest BCUT2D eigenvalue weighted by atomic mass is 10.2. The van der Waals surface area contributed by atoms with Crippen molar-refractivity contribution in [3.05, 3.63) is 24.0 Å². The van der Waals surface area contributed by atoms with Crippen LogP contribution in [-0.4, -0.2) is 20.2 Å². The Balaban J connectivity index is 1.85. The van der Waals surface area contributed by atoms with E-state index in [0.717, 1.165) is 23.7 Å². The van der Waals surface area contributed by atoms with Crippen LogP contribution >= 0.6 is 0 Å². The molecule has 2 aromatic rings. The van der Waals surface area contributed by atoms with Crippen LogP contribution in [0.25, 0.3) is 11.5 Å². The Morgan fingerprint density at radius 2 is 2.31 bits per heavy atom. The lowest BCUT2D eigenvalue weighted by Gasteiger charge is -1.94. The first-order valence-corrected chi connectivity index (χ1v) is 5.44. The third-order valence-electron chi connectivity index (χ3n) is 2.74. The zero-order valence-corrected chi connectivity index (χ0v) is 8.85. The lowest BCUT2D eigenvalue weighted by Crippen LogP contribution is -1.94. The number of rotatable bonds is 3. The molecule has 0 saturated heterocycles. The summed E-state index contributed by atoms with van der Waals surface area (Å²) in [5, 5.41) is 7.23. The fourth-order valence-electron chi connectivity index (χ4n) is 1.71. The van der Waals surface area contributed by atoms with E-state index in [9.17, 15) is 0 Å². The molecule has 0 radical (unpaired) electrons. The van der Waals surface area contributed by atoms with Gasteiger partial charge < -0.3 is 5.73 Å². The number of H-pyrrole nitrogens is 1. The summed E-state index contributed by atoms with van der Waals surface area (Å²) in [5.74, 6) is 1.89. The van der Waals surface area contributed by atoms with Crippen LogP contribution in [0.3, 0.4) is 0 Å². The number of hydrogen-bond acceptors (Lipinski definition) is 4. The fraction of sp³-hybridized carbons (Fsp3) is 0.364. The predicted molar refractivity (Wildman–Crippen MR) is 60.5 cm³/mol. The van der Waals surface area contributed by atoms with Crippen molar-refractivity contribution in [3.63, 3.8) is 0 Å². The van der Waals surface area contributed by atoms with Gasteiger partial charge in [-0.05, 0) is 37.3 Å². The highest BCUT2D eigenvalue weighted by atomic mass is 15.1. The van der Waals surface area contributed by atoms with E-state index in [2.05, 4.69) is 20.2 Å². The molecule has 5 heteroatoms. The number of nitrogen functional groups attached to an aromatic ring is 1. The molecular formula is C11H13N5. The number of anilines is 1. The van der Waals surface area contributed by atoms with Crippen molar-refractivity contribution in [3.8, 4) is 11.5 Å². The standard InChI is InChI=1S/C11H13N5/c12-10-3-4-13-11(14-10)9-6-8(15-16-9)5-7-1-2-7/h3-4,6-7H,1-2,5H2,(H,15,16)(H2,12,13,14). The molecule has 2 heterocycles. The predicted octanol–water partition coefficient (Wildman–Crippen LogP) is 1.40. The number of hydrogen-bond donors (Lipinski definition) is 2. The van der Waals surface area contributed by atoms with Crippen LogP contribution in [0.4, 0.5) is 5.82 Å². The maximum Gasteiger partial charge on any atom is 0.182 e. The van der Waals surface area contributed by atoms with Crippen LogP contribution < -0.4 is 5.73 Å². The molecule has 0 atom stereocenters. The van der Waals surface area contributed by atoms with E-state index in [0.29, 0.717) is 11.6 Å². The summed E-state index contributed by atoms with van der Waals surface area (Å²) in [7, 11) is 0. The zero-order chi connectivity index (χ0) is 11.0. The Morgan fingerprint density at radius 3 is 3.06 bits per heavy atom. The SMILES string of the molecule is Nc1ccnc(-c2cc(CC3CC3)[nH]n2)n1. The Morgan fingerprint density at radius 1 is 1.44 bits per heavy atom. The summed E-state index contributed by atoms with van der Waals surface area (Å²) in [6.45, 7) is 0. The van der Waals surface area contributed by atoms with Gasteiger partial charge in [-0.25, -0.2) is 9.97 Å². The van der Waals surface area contributed by atoms with E-state index in [1.54, 1.807) is 12.3 Å². The van der Waals surface area contributed by atoms with Crippen LogP contribution in [0.15, 0.2) is 18.3 Å². The van der Waals surface area contributed by atoms with Crippen molar-refractivity contribution < 1.29 is 0 Å². The summed E-state index contributed by atoms with van der Waals surface area (Å²) in [6, 6.07) is 3.67. The van der Waals surface area contributed by atoms with Crippen molar-refractivity contribution in [1.29, 1.82) is 0 Å². The van der Waals surface area contributed by atoms with Gasteiger partial charge in [-0.1, -0.05) is 0 Å². The van der Waals surface area contributed by atoms with E-state index in [-0.39, 0.29) is 0 Å². The van der Waals surface area contributed by atoms with Gasteiger partial charge in [0.2, 0.25) is 0 Å². The van der Waals surface area contributed by atoms with Crippen molar-refractivity contribution in [2.75, 3.05) is 5.73 Å². The molecule has 0 bridgehead atoms. The van der Waals surface area contributed by atoms with Gasteiger partial charge in [0.25, 0.3) is 0 Å². The van der Waals surface area contributed by atoms with E-state index in [1.165, 1.54) is 12.8 Å². The summed E-state index contributed by atoms with van der Waals surface area (Å²) in [6.07, 6.45) is 5.40. The largest absolute Gasteiger partial charge is 0.384 e. The zero-order valence-electron chi connectivity index (χ0n) is 8.85. The van der Waals surface area contributed by atoms with Crippen molar-refractivity contribution in [1.82, 2.24) is 20.2 Å². The molecular weight excluding hydrogens is 202 g/mol. The van der Waals surface area contributed by atoms with Gasteiger partial charge in [0.15, 0.2) is 5.82 Å². The smallest absolute Gasteiger partial charge is 0.182 e. The highest BCUT2D eigenvalue weighted by Crippen LogP contribution is 2.32. The van der Waals surface area contributed by atoms with Crippen molar-refractivity contribution in [2.24, 2.45) is 5.92 Å². The Kier molecular flexibility index (Phi) is 2.09. The van der Waals surface area contributed by atoms with Gasteiger partial charge in [0.1, 0.15) is 11.5 Å². The second-order valence-electron chi connectivity index (χ2n) is 4.23. The summed E-state index contributed by atoms with van der Waals surface area (Å²) < 4.78 is 0. The van der Waals surface area contributed by atoms with Crippen LogP contribution in [0, 0.1) is 5.92 Å². The number of aromatic amines is 1. The third kappa shape index (κ3) is 1.88. The van der Waals surface area contributed by atoms with Crippen molar-refractivity contribution >= 4 is 5.82 Å². The summed E-state index contributed by atoms with van der Waals surface area (Å²) in [5.41, 5.74) is 7.53. The quantitative estimate of drug-likeness (QED) is 0.811. The maximum atomic E-state index is 5.60. The van der Waals surface area contributed by atoms with Gasteiger partial charge in [0, 0.05) is 11.9 Å². The summed E-state index contributed by atoms with van der Waals surface area (Å²) in [4.78, 5) is 8.28. The molecule has 1 aliphatic rings. The Hall–Kier alpha value is -1.91. The van der Waals surface area contributed by atoms with E-state index in [4.69, 9.17) is 5.73 Å². The van der Waals surface area contributed by atoms with Gasteiger partial charge in [0.05, 0.1) is 0 Å². The van der Waals surface area contributed by atoms with Crippen LogP contribution in [0.1, 0.15) is 18.5 Å². The molecule has 82 valence electrons. The Bertz CT molecular complexity index is 501. The van der Waals surface area contributed by atoms with Gasteiger partial charge >= 0.3 is 0 Å². The second-order valence-corrected chi connectivity index (χ2v) is 4.23. The van der Waals surface area contributed by atoms with E-state index < -0.39 is 0 Å². The number of nitrogens with two attached hydrogens (primary N) is 1. The van der Waals surface area contributed by atoms with E-state index >= 15 is 0 Å². The van der Waals surface area contributed by atoms with Crippen LogP contribution in [0.2, 0.25) is 0 Å². The number of nitrogens with one attached hydrogen (secondary N) is 1. The fourth-order valence-corrected chi connectivity index (χ4v) is 1.71. The topological polar surface area (TPSA) is 80.5 Å².